The summed E-state index contributed by atoms with van der Waals surface area (Å²) in [6.07, 6.45) is 6.63. The zero-order valence-corrected chi connectivity index (χ0v) is 16.1. The van der Waals surface area contributed by atoms with Crippen molar-refractivity contribution in [2.45, 2.75) is 6.92 Å². The predicted octanol–water partition coefficient (Wildman–Crippen LogP) is 2.11. The quantitative estimate of drug-likeness (QED) is 0.409. The van der Waals surface area contributed by atoms with Crippen molar-refractivity contribution in [2.75, 3.05) is 18.5 Å². The van der Waals surface area contributed by atoms with Gasteiger partial charge in [0, 0.05) is 5.69 Å². The highest BCUT2D eigenvalue weighted by molar-refractivity contribution is 6.25. The number of aliphatic carboxylic acids is 1. The van der Waals surface area contributed by atoms with Crippen LogP contribution >= 0.6 is 0 Å². The number of anilines is 1. The highest BCUT2D eigenvalue weighted by Gasteiger charge is 2.32. The lowest BCUT2D eigenvalue weighted by Gasteiger charge is -2.11. The van der Waals surface area contributed by atoms with E-state index < -0.39 is 17.3 Å². The fourth-order valence-electron chi connectivity index (χ4n) is 2.73. The first-order valence-electron chi connectivity index (χ1n) is 9.08. The Bertz CT molecular complexity index is 1060. The monoisotopic (exact) mass is 404 g/mol. The molecular weight excluding hydrogens is 386 g/mol. The van der Waals surface area contributed by atoms with Gasteiger partial charge in [-0.1, -0.05) is 30.2 Å². The first-order valence-corrected chi connectivity index (χ1v) is 9.08. The minimum absolute atomic E-state index is 0.0789. The first kappa shape index (κ1) is 20.6. The molecule has 1 aliphatic rings. The van der Waals surface area contributed by atoms with Crippen molar-refractivity contribution in [3.8, 4) is 23.8 Å². The lowest BCUT2D eigenvalue weighted by atomic mass is 10.1. The second-order valence-corrected chi connectivity index (χ2v) is 6.05. The van der Waals surface area contributed by atoms with Crippen LogP contribution in [0.1, 0.15) is 12.5 Å². The number of carboxylic acids is 1. The maximum Gasteiger partial charge on any atom is 0.235 e. The van der Waals surface area contributed by atoms with E-state index in [0.29, 0.717) is 29.4 Å². The summed E-state index contributed by atoms with van der Waals surface area (Å²) in [7, 11) is 0. The molecule has 0 fully saturated rings. The highest BCUT2D eigenvalue weighted by atomic mass is 16.5. The summed E-state index contributed by atoms with van der Waals surface area (Å²) < 4.78 is 16.5. The Kier molecular flexibility index (Phi) is 6.40. The van der Waals surface area contributed by atoms with E-state index in [-0.39, 0.29) is 18.2 Å². The zero-order valence-electron chi connectivity index (χ0n) is 16.1. The minimum atomic E-state index is -1.63. The van der Waals surface area contributed by atoms with Crippen LogP contribution in [-0.2, 0) is 14.3 Å². The Morgan fingerprint density at radius 3 is 2.63 bits per heavy atom. The third-order valence-corrected chi connectivity index (χ3v) is 4.00. The van der Waals surface area contributed by atoms with Crippen LogP contribution in [0.5, 0.6) is 11.5 Å². The minimum Gasteiger partial charge on any atom is -0.544 e. The van der Waals surface area contributed by atoms with E-state index >= 15 is 0 Å². The van der Waals surface area contributed by atoms with Crippen LogP contribution < -0.4 is 19.9 Å². The van der Waals surface area contributed by atoms with Crippen molar-refractivity contribution in [2.24, 2.45) is 0 Å². The maximum atomic E-state index is 12.6. The molecule has 0 aliphatic carbocycles. The molecule has 0 unspecified atom stereocenters. The number of carbonyl (C=O) groups is 2. The lowest BCUT2D eigenvalue weighted by molar-refractivity contribution is -0.298. The largest absolute Gasteiger partial charge is 0.544 e. The molecule has 0 saturated heterocycles. The summed E-state index contributed by atoms with van der Waals surface area (Å²) in [6, 6.07) is 13.7. The van der Waals surface area contributed by atoms with E-state index in [1.165, 1.54) is 6.08 Å². The molecule has 2 aromatic rings. The molecule has 0 spiro atoms. The first-order chi connectivity index (χ1) is 14.5. The third kappa shape index (κ3) is 4.62. The SMILES string of the molecule is C#CCOc1ccc(/C=C2\OC(Nc3ccccc3)=C(C(=O)[O-])C2=O)cc1OCC. The van der Waals surface area contributed by atoms with Gasteiger partial charge in [-0.3, -0.25) is 4.79 Å². The van der Waals surface area contributed by atoms with Crippen molar-refractivity contribution < 1.29 is 28.9 Å². The number of nitrogens with one attached hydrogen (secondary N) is 1. The molecule has 0 bridgehead atoms. The van der Waals surface area contributed by atoms with Gasteiger partial charge in [-0.05, 0) is 42.8 Å². The van der Waals surface area contributed by atoms with Gasteiger partial charge >= 0.3 is 0 Å². The summed E-state index contributed by atoms with van der Waals surface area (Å²) in [6.45, 7) is 2.29. The number of carbonyl (C=O) groups excluding carboxylic acids is 2. The Morgan fingerprint density at radius 1 is 1.20 bits per heavy atom. The molecule has 152 valence electrons. The number of hydrogen-bond donors (Lipinski definition) is 1. The number of benzene rings is 2. The number of allylic oxidation sites excluding steroid dienone is 1. The maximum absolute atomic E-state index is 12.6. The van der Waals surface area contributed by atoms with Gasteiger partial charge in [-0.15, -0.1) is 6.42 Å². The number of Topliss-reactive ketones (excluding diaryl/α,β-unsaturated/α-hetero) is 1. The molecule has 30 heavy (non-hydrogen) atoms. The molecule has 0 aromatic heterocycles. The molecule has 0 atom stereocenters. The normalized spacial score (nSPS) is 14.3. The standard InChI is InChI=1S/C23H19NO6/c1-3-12-29-17-11-10-15(13-18(17)28-4-2)14-19-21(25)20(23(26)27)22(30-19)24-16-8-6-5-7-9-16/h1,5-11,13-14,24H,4,12H2,2H3,(H,26,27)/p-1/b19-14-. The number of para-hydroxylation sites is 1. The van der Waals surface area contributed by atoms with E-state index in [4.69, 9.17) is 20.6 Å². The number of hydrogen-bond acceptors (Lipinski definition) is 7. The second kappa shape index (κ2) is 9.34. The lowest BCUT2D eigenvalue weighted by Crippen LogP contribution is -2.28. The van der Waals surface area contributed by atoms with Crippen molar-refractivity contribution in [3.05, 3.63) is 71.3 Å². The van der Waals surface area contributed by atoms with Crippen molar-refractivity contribution in [1.29, 1.82) is 0 Å². The van der Waals surface area contributed by atoms with Gasteiger partial charge in [-0.2, -0.15) is 0 Å². The molecule has 1 N–H and O–H groups in total. The number of carboxylic acid groups (broad SMARTS) is 1. The molecule has 7 nitrogen and oxygen atoms in total. The zero-order chi connectivity index (χ0) is 21.5. The highest BCUT2D eigenvalue weighted by Crippen LogP contribution is 2.32. The summed E-state index contributed by atoms with van der Waals surface area (Å²) in [5.41, 5.74) is 0.534. The van der Waals surface area contributed by atoms with Crippen molar-refractivity contribution in [3.63, 3.8) is 0 Å². The van der Waals surface area contributed by atoms with Crippen molar-refractivity contribution in [1.82, 2.24) is 0 Å². The van der Waals surface area contributed by atoms with Gasteiger partial charge in [0.15, 0.2) is 17.3 Å². The topological polar surface area (TPSA) is 96.9 Å². The van der Waals surface area contributed by atoms with E-state index in [2.05, 4.69) is 11.2 Å². The Balaban J connectivity index is 1.89. The number of ether oxygens (including phenoxy) is 3. The molecule has 1 aliphatic heterocycles. The smallest absolute Gasteiger partial charge is 0.235 e. The molecule has 3 rings (SSSR count). The Morgan fingerprint density at radius 2 is 1.97 bits per heavy atom. The van der Waals surface area contributed by atoms with Crippen LogP contribution in [-0.4, -0.2) is 25.0 Å². The molecule has 0 saturated carbocycles. The molecule has 1 heterocycles. The van der Waals surface area contributed by atoms with Gasteiger partial charge < -0.3 is 29.4 Å². The number of ketones is 1. The molecule has 2 aromatic carbocycles. The van der Waals surface area contributed by atoms with Crippen LogP contribution in [0.2, 0.25) is 0 Å². The van der Waals surface area contributed by atoms with E-state index in [9.17, 15) is 14.7 Å². The average molecular weight is 404 g/mol. The second-order valence-electron chi connectivity index (χ2n) is 6.05. The van der Waals surface area contributed by atoms with Gasteiger partial charge in [0.1, 0.15) is 12.2 Å². The number of terminal acetylenes is 1. The molecule has 0 radical (unpaired) electrons. The average Bonchev–Trinajstić information content (AvgIpc) is 3.03. The van der Waals surface area contributed by atoms with E-state index in [1.54, 1.807) is 48.5 Å². The summed E-state index contributed by atoms with van der Waals surface area (Å²) in [5.74, 6) is 0.484. The van der Waals surface area contributed by atoms with Crippen LogP contribution in [0.15, 0.2) is 65.7 Å². The van der Waals surface area contributed by atoms with Crippen LogP contribution in [0.25, 0.3) is 6.08 Å². The Labute approximate surface area is 173 Å². The van der Waals surface area contributed by atoms with Gasteiger partial charge in [0.05, 0.1) is 12.6 Å². The van der Waals surface area contributed by atoms with Gasteiger partial charge in [0.2, 0.25) is 11.7 Å². The van der Waals surface area contributed by atoms with Gasteiger partial charge in [-0.25, -0.2) is 0 Å². The fraction of sp³-hybridized carbons (Fsp3) is 0.130. The Hall–Kier alpha value is -4.18. The molecule has 7 heteroatoms. The summed E-state index contributed by atoms with van der Waals surface area (Å²) in [5, 5.41) is 14.3. The van der Waals surface area contributed by atoms with Crippen LogP contribution in [0.3, 0.4) is 0 Å². The molecule has 0 amide bonds. The summed E-state index contributed by atoms with van der Waals surface area (Å²) in [4.78, 5) is 24.1. The third-order valence-electron chi connectivity index (χ3n) is 4.00. The van der Waals surface area contributed by atoms with E-state index in [1.807, 2.05) is 6.92 Å². The van der Waals surface area contributed by atoms with E-state index in [0.717, 1.165) is 0 Å². The number of rotatable bonds is 8. The molecular formula is C23H18NO6-. The predicted molar refractivity (Wildman–Crippen MR) is 108 cm³/mol. The van der Waals surface area contributed by atoms with Gasteiger partial charge in [0.25, 0.3) is 0 Å². The summed E-state index contributed by atoms with van der Waals surface area (Å²) >= 11 is 0. The fourth-order valence-corrected chi connectivity index (χ4v) is 2.73. The van der Waals surface area contributed by atoms with Crippen LogP contribution in [0, 0.1) is 12.3 Å². The van der Waals surface area contributed by atoms with Crippen LogP contribution in [0.4, 0.5) is 5.69 Å². The van der Waals surface area contributed by atoms with Crippen molar-refractivity contribution >= 4 is 23.5 Å².